The second-order valence-corrected chi connectivity index (χ2v) is 6.81. The standard InChI is InChI=1S/C14H14N2O4S2/c17-12(11-4-9(6-21-11)13(18)19)16-14-15-10(7-22-14)3-8-1-2-20-5-8/h4,6-8H,1-3,5H2,(H,18,19)(H,15,16,17). The summed E-state index contributed by atoms with van der Waals surface area (Å²) in [5.41, 5.74) is 1.07. The van der Waals surface area contributed by atoms with Gasteiger partial charge < -0.3 is 9.84 Å². The number of carboxylic acid groups (broad SMARTS) is 1. The third-order valence-electron chi connectivity index (χ3n) is 3.36. The van der Waals surface area contributed by atoms with Gasteiger partial charge in [-0.2, -0.15) is 0 Å². The first-order chi connectivity index (χ1) is 10.6. The van der Waals surface area contributed by atoms with Crippen LogP contribution in [-0.4, -0.2) is 35.2 Å². The van der Waals surface area contributed by atoms with Gasteiger partial charge in [-0.25, -0.2) is 9.78 Å². The van der Waals surface area contributed by atoms with E-state index in [0.717, 1.165) is 43.1 Å². The average molecular weight is 338 g/mol. The maximum atomic E-state index is 12.1. The van der Waals surface area contributed by atoms with E-state index in [9.17, 15) is 9.59 Å². The summed E-state index contributed by atoms with van der Waals surface area (Å²) >= 11 is 2.48. The molecule has 1 amide bonds. The molecule has 0 spiro atoms. The monoisotopic (exact) mass is 338 g/mol. The second kappa shape index (κ2) is 6.55. The Bertz CT molecular complexity index is 689. The van der Waals surface area contributed by atoms with Crippen LogP contribution in [0.15, 0.2) is 16.8 Å². The van der Waals surface area contributed by atoms with E-state index in [1.54, 1.807) is 0 Å². The van der Waals surface area contributed by atoms with Crippen molar-refractivity contribution in [3.63, 3.8) is 0 Å². The van der Waals surface area contributed by atoms with Crippen LogP contribution in [0.4, 0.5) is 5.13 Å². The van der Waals surface area contributed by atoms with Gasteiger partial charge in [-0.05, 0) is 24.8 Å². The SMILES string of the molecule is O=C(O)c1csc(C(=O)Nc2nc(CC3CCOC3)cs2)c1. The molecule has 1 unspecified atom stereocenters. The highest BCUT2D eigenvalue weighted by atomic mass is 32.1. The predicted molar refractivity (Wildman–Crippen MR) is 84.0 cm³/mol. The van der Waals surface area contributed by atoms with E-state index in [4.69, 9.17) is 9.84 Å². The van der Waals surface area contributed by atoms with Crippen LogP contribution in [-0.2, 0) is 11.2 Å². The summed E-state index contributed by atoms with van der Waals surface area (Å²) in [5.74, 6) is -0.866. The van der Waals surface area contributed by atoms with Crippen LogP contribution in [0.1, 0.15) is 32.1 Å². The highest BCUT2D eigenvalue weighted by Gasteiger charge is 2.18. The Balaban J connectivity index is 1.61. The number of carbonyl (C=O) groups excluding carboxylic acids is 1. The van der Waals surface area contributed by atoms with Crippen LogP contribution in [0.2, 0.25) is 0 Å². The molecule has 116 valence electrons. The van der Waals surface area contributed by atoms with Crippen molar-refractivity contribution in [2.75, 3.05) is 18.5 Å². The van der Waals surface area contributed by atoms with Gasteiger partial charge in [0.2, 0.25) is 0 Å². The van der Waals surface area contributed by atoms with E-state index in [-0.39, 0.29) is 11.5 Å². The summed E-state index contributed by atoms with van der Waals surface area (Å²) in [6, 6.07) is 1.37. The zero-order valence-corrected chi connectivity index (χ0v) is 13.2. The lowest BCUT2D eigenvalue weighted by Crippen LogP contribution is -2.10. The number of aromatic nitrogens is 1. The highest BCUT2D eigenvalue weighted by molar-refractivity contribution is 7.14. The van der Waals surface area contributed by atoms with Crippen molar-refractivity contribution in [2.45, 2.75) is 12.8 Å². The lowest BCUT2D eigenvalue weighted by atomic mass is 10.0. The molecule has 3 heterocycles. The summed E-state index contributed by atoms with van der Waals surface area (Å²) in [6.45, 7) is 1.58. The van der Waals surface area contributed by atoms with E-state index in [0.29, 0.717) is 15.9 Å². The molecule has 0 radical (unpaired) electrons. The molecule has 2 aromatic heterocycles. The van der Waals surface area contributed by atoms with Crippen LogP contribution < -0.4 is 5.32 Å². The van der Waals surface area contributed by atoms with E-state index < -0.39 is 5.97 Å². The molecular weight excluding hydrogens is 324 g/mol. The van der Waals surface area contributed by atoms with Crippen molar-refractivity contribution in [1.29, 1.82) is 0 Å². The largest absolute Gasteiger partial charge is 0.478 e. The number of nitrogens with zero attached hydrogens (tertiary/aromatic N) is 1. The summed E-state index contributed by atoms with van der Waals surface area (Å²) in [5, 5.41) is 15.5. The van der Waals surface area contributed by atoms with Gasteiger partial charge in [-0.1, -0.05) is 0 Å². The third-order valence-corrected chi connectivity index (χ3v) is 5.10. The molecular formula is C14H14N2O4S2. The number of aromatic carboxylic acids is 1. The first-order valence-corrected chi connectivity index (χ1v) is 8.53. The molecule has 2 aromatic rings. The van der Waals surface area contributed by atoms with Gasteiger partial charge in [0.1, 0.15) is 0 Å². The Hall–Kier alpha value is -1.77. The first kappa shape index (κ1) is 15.1. The smallest absolute Gasteiger partial charge is 0.336 e. The van der Waals surface area contributed by atoms with Gasteiger partial charge in [0, 0.05) is 24.0 Å². The zero-order valence-electron chi connectivity index (χ0n) is 11.6. The number of carbonyl (C=O) groups is 2. The first-order valence-electron chi connectivity index (χ1n) is 6.77. The van der Waals surface area contributed by atoms with Gasteiger partial charge in [-0.15, -0.1) is 22.7 Å². The summed E-state index contributed by atoms with van der Waals surface area (Å²) in [6.07, 6.45) is 1.90. The van der Waals surface area contributed by atoms with Crippen molar-refractivity contribution in [1.82, 2.24) is 4.98 Å². The van der Waals surface area contributed by atoms with Gasteiger partial charge in [0.15, 0.2) is 5.13 Å². The molecule has 3 rings (SSSR count). The average Bonchev–Trinajstić information content (AvgIpc) is 3.19. The molecule has 1 saturated heterocycles. The number of nitrogens with one attached hydrogen (secondary N) is 1. The van der Waals surface area contributed by atoms with Gasteiger partial charge in [0.05, 0.1) is 16.1 Å². The maximum absolute atomic E-state index is 12.1. The van der Waals surface area contributed by atoms with Crippen LogP contribution >= 0.6 is 22.7 Å². The van der Waals surface area contributed by atoms with E-state index >= 15 is 0 Å². The second-order valence-electron chi connectivity index (χ2n) is 5.04. The van der Waals surface area contributed by atoms with Crippen LogP contribution in [0.5, 0.6) is 0 Å². The number of carboxylic acids is 1. The minimum Gasteiger partial charge on any atom is -0.478 e. The van der Waals surface area contributed by atoms with Crippen LogP contribution in [0.25, 0.3) is 0 Å². The Morgan fingerprint density at radius 2 is 2.27 bits per heavy atom. The van der Waals surface area contributed by atoms with Gasteiger partial charge >= 0.3 is 5.97 Å². The predicted octanol–water partition coefficient (Wildman–Crippen LogP) is 2.73. The van der Waals surface area contributed by atoms with Crippen LogP contribution in [0.3, 0.4) is 0 Å². The fourth-order valence-electron chi connectivity index (χ4n) is 2.22. The molecule has 0 bridgehead atoms. The molecule has 8 heteroatoms. The highest BCUT2D eigenvalue weighted by Crippen LogP contribution is 2.23. The number of hydrogen-bond donors (Lipinski definition) is 2. The third kappa shape index (κ3) is 3.52. The van der Waals surface area contributed by atoms with Crippen LogP contribution in [0, 0.1) is 5.92 Å². The van der Waals surface area contributed by atoms with E-state index in [2.05, 4.69) is 10.3 Å². The van der Waals surface area contributed by atoms with Crippen molar-refractivity contribution >= 4 is 39.7 Å². The fraction of sp³-hybridized carbons (Fsp3) is 0.357. The molecule has 22 heavy (non-hydrogen) atoms. The quantitative estimate of drug-likeness (QED) is 0.875. The summed E-state index contributed by atoms with van der Waals surface area (Å²) < 4.78 is 5.34. The minimum absolute atomic E-state index is 0.121. The number of thiazole rings is 1. The number of hydrogen-bond acceptors (Lipinski definition) is 6. The van der Waals surface area contributed by atoms with Gasteiger partial charge in [-0.3, -0.25) is 10.1 Å². The fourth-order valence-corrected chi connectivity index (χ4v) is 3.72. The number of amides is 1. The van der Waals surface area contributed by atoms with Crippen molar-refractivity contribution in [2.24, 2.45) is 5.92 Å². The number of thiophene rings is 1. The maximum Gasteiger partial charge on any atom is 0.336 e. The molecule has 1 aliphatic rings. The van der Waals surface area contributed by atoms with Crippen molar-refractivity contribution < 1.29 is 19.4 Å². The molecule has 6 nitrogen and oxygen atoms in total. The Morgan fingerprint density at radius 3 is 2.95 bits per heavy atom. The van der Waals surface area contributed by atoms with E-state index in [1.807, 2.05) is 5.38 Å². The molecule has 0 aromatic carbocycles. The Labute approximate surface area is 134 Å². The number of anilines is 1. The summed E-state index contributed by atoms with van der Waals surface area (Å²) in [4.78, 5) is 27.6. The molecule has 1 aliphatic heterocycles. The Kier molecular flexibility index (Phi) is 4.51. The topological polar surface area (TPSA) is 88.5 Å². The molecule has 1 atom stereocenters. The number of rotatable bonds is 5. The molecule has 0 saturated carbocycles. The van der Waals surface area contributed by atoms with E-state index in [1.165, 1.54) is 22.8 Å². The zero-order chi connectivity index (χ0) is 15.5. The molecule has 1 fully saturated rings. The summed E-state index contributed by atoms with van der Waals surface area (Å²) in [7, 11) is 0. The minimum atomic E-state index is -1.04. The molecule has 2 N–H and O–H groups in total. The van der Waals surface area contributed by atoms with Crippen molar-refractivity contribution in [3.05, 3.63) is 33.0 Å². The molecule has 0 aliphatic carbocycles. The lowest BCUT2D eigenvalue weighted by Gasteiger charge is -2.03. The van der Waals surface area contributed by atoms with Crippen molar-refractivity contribution in [3.8, 4) is 0 Å². The lowest BCUT2D eigenvalue weighted by molar-refractivity contribution is 0.0697. The Morgan fingerprint density at radius 1 is 1.41 bits per heavy atom. The number of ether oxygens (including phenoxy) is 1. The normalized spacial score (nSPS) is 17.5. The van der Waals surface area contributed by atoms with Gasteiger partial charge in [0.25, 0.3) is 5.91 Å².